The maximum atomic E-state index is 10.6. The van der Waals surface area contributed by atoms with Gasteiger partial charge in [-0.2, -0.15) is 0 Å². The summed E-state index contributed by atoms with van der Waals surface area (Å²) in [6.07, 6.45) is 6.42. The Morgan fingerprint density at radius 3 is 2.57 bits per heavy atom. The van der Waals surface area contributed by atoms with Crippen LogP contribution in [-0.2, 0) is 4.74 Å². The van der Waals surface area contributed by atoms with Gasteiger partial charge >= 0.3 is 0 Å². The maximum Gasteiger partial charge on any atom is 0.0700 e. The summed E-state index contributed by atoms with van der Waals surface area (Å²) in [4.78, 5) is 0. The molecule has 0 heterocycles. The van der Waals surface area contributed by atoms with Crippen molar-refractivity contribution in [2.75, 3.05) is 7.11 Å². The molecule has 0 saturated heterocycles. The summed E-state index contributed by atoms with van der Waals surface area (Å²) in [5, 5.41) is 10.6. The summed E-state index contributed by atoms with van der Waals surface area (Å²) in [5.74, 6) is 0.445. The fourth-order valence-corrected chi connectivity index (χ4v) is 2.85. The van der Waals surface area contributed by atoms with Crippen LogP contribution in [0.3, 0.4) is 0 Å². The van der Waals surface area contributed by atoms with E-state index in [2.05, 4.69) is 13.8 Å². The predicted octanol–water partition coefficient (Wildman–Crippen LogP) is 2.74. The summed E-state index contributed by atoms with van der Waals surface area (Å²) >= 11 is 0. The molecule has 0 aromatic heterocycles. The number of aliphatic hydroxyl groups is 1. The van der Waals surface area contributed by atoms with Crippen LogP contribution in [0.1, 0.15) is 52.4 Å². The quantitative estimate of drug-likeness (QED) is 0.756. The van der Waals surface area contributed by atoms with Gasteiger partial charge in [0.1, 0.15) is 0 Å². The second kappa shape index (κ2) is 5.13. The highest BCUT2D eigenvalue weighted by Crippen LogP contribution is 2.38. The molecular weight excluding hydrogens is 176 g/mol. The van der Waals surface area contributed by atoms with Crippen LogP contribution in [0.15, 0.2) is 0 Å². The lowest BCUT2D eigenvalue weighted by atomic mass is 9.72. The Balaban J connectivity index is 2.61. The molecule has 0 aromatic rings. The molecule has 84 valence electrons. The van der Waals surface area contributed by atoms with Gasteiger partial charge < -0.3 is 9.84 Å². The van der Waals surface area contributed by atoms with Crippen LogP contribution in [0, 0.1) is 5.92 Å². The predicted molar refractivity (Wildman–Crippen MR) is 58.3 cm³/mol. The van der Waals surface area contributed by atoms with Gasteiger partial charge in [0.05, 0.1) is 11.7 Å². The first-order valence-electron chi connectivity index (χ1n) is 5.91. The second-order valence-electron chi connectivity index (χ2n) is 4.57. The van der Waals surface area contributed by atoms with E-state index in [0.29, 0.717) is 5.92 Å². The number of ether oxygens (including phenoxy) is 1. The van der Waals surface area contributed by atoms with E-state index in [4.69, 9.17) is 4.74 Å². The fourth-order valence-electron chi connectivity index (χ4n) is 2.85. The van der Waals surface area contributed by atoms with E-state index in [0.717, 1.165) is 38.5 Å². The van der Waals surface area contributed by atoms with Gasteiger partial charge in [-0.05, 0) is 25.2 Å². The SMILES string of the molecule is CCC(CC)C1(O)CCCC(OC)C1. The molecule has 1 fully saturated rings. The normalized spacial score (nSPS) is 33.6. The highest BCUT2D eigenvalue weighted by Gasteiger charge is 2.39. The molecule has 1 aliphatic carbocycles. The number of hydrogen-bond donors (Lipinski definition) is 1. The van der Waals surface area contributed by atoms with Crippen molar-refractivity contribution < 1.29 is 9.84 Å². The highest BCUT2D eigenvalue weighted by atomic mass is 16.5. The summed E-state index contributed by atoms with van der Waals surface area (Å²) in [6.45, 7) is 4.34. The molecule has 1 N–H and O–H groups in total. The van der Waals surface area contributed by atoms with E-state index in [-0.39, 0.29) is 6.10 Å². The van der Waals surface area contributed by atoms with Gasteiger partial charge in [-0.15, -0.1) is 0 Å². The number of rotatable bonds is 4. The molecule has 1 rings (SSSR count). The summed E-state index contributed by atoms with van der Waals surface area (Å²) in [7, 11) is 1.75. The van der Waals surface area contributed by atoms with E-state index in [9.17, 15) is 5.11 Å². The van der Waals surface area contributed by atoms with Gasteiger partial charge in [-0.25, -0.2) is 0 Å². The minimum Gasteiger partial charge on any atom is -0.390 e. The first-order chi connectivity index (χ1) is 6.66. The van der Waals surface area contributed by atoms with Crippen LogP contribution < -0.4 is 0 Å². The molecule has 2 atom stereocenters. The first kappa shape index (κ1) is 12.0. The van der Waals surface area contributed by atoms with Crippen LogP contribution in [0.4, 0.5) is 0 Å². The third-order valence-corrected chi connectivity index (χ3v) is 3.80. The van der Waals surface area contributed by atoms with Crippen LogP contribution in [0.5, 0.6) is 0 Å². The monoisotopic (exact) mass is 200 g/mol. The number of methoxy groups -OCH3 is 1. The lowest BCUT2D eigenvalue weighted by molar-refractivity contribution is -0.0960. The summed E-state index contributed by atoms with van der Waals surface area (Å²) in [5.41, 5.74) is -0.456. The van der Waals surface area contributed by atoms with Gasteiger partial charge in [0.25, 0.3) is 0 Å². The van der Waals surface area contributed by atoms with E-state index in [1.807, 2.05) is 0 Å². The molecule has 14 heavy (non-hydrogen) atoms. The average molecular weight is 200 g/mol. The van der Waals surface area contributed by atoms with Crippen molar-refractivity contribution in [2.45, 2.75) is 64.1 Å². The molecular formula is C12H24O2. The zero-order chi connectivity index (χ0) is 10.6. The minimum atomic E-state index is -0.456. The molecule has 1 saturated carbocycles. The summed E-state index contributed by atoms with van der Waals surface area (Å²) in [6, 6.07) is 0. The van der Waals surface area contributed by atoms with Gasteiger partial charge in [-0.1, -0.05) is 26.7 Å². The molecule has 2 unspecified atom stereocenters. The van der Waals surface area contributed by atoms with Gasteiger partial charge in [0, 0.05) is 13.5 Å². The Morgan fingerprint density at radius 1 is 1.43 bits per heavy atom. The second-order valence-corrected chi connectivity index (χ2v) is 4.57. The average Bonchev–Trinajstić information content (AvgIpc) is 2.19. The zero-order valence-corrected chi connectivity index (χ0v) is 9.75. The third kappa shape index (κ3) is 2.48. The first-order valence-corrected chi connectivity index (χ1v) is 5.91. The van der Waals surface area contributed by atoms with Crippen molar-refractivity contribution in [3.63, 3.8) is 0 Å². The smallest absolute Gasteiger partial charge is 0.0700 e. The Labute approximate surface area is 87.7 Å². The minimum absolute atomic E-state index is 0.273. The van der Waals surface area contributed by atoms with Crippen molar-refractivity contribution in [1.82, 2.24) is 0 Å². The summed E-state index contributed by atoms with van der Waals surface area (Å²) < 4.78 is 5.37. The molecule has 2 nitrogen and oxygen atoms in total. The fraction of sp³-hybridized carbons (Fsp3) is 1.00. The standard InChI is InChI=1S/C12H24O2/c1-4-10(5-2)12(13)8-6-7-11(9-12)14-3/h10-11,13H,4-9H2,1-3H3. The highest BCUT2D eigenvalue weighted by molar-refractivity contribution is 4.91. The third-order valence-electron chi connectivity index (χ3n) is 3.80. The molecule has 0 bridgehead atoms. The molecule has 0 spiro atoms. The topological polar surface area (TPSA) is 29.5 Å². The molecule has 0 aromatic carbocycles. The Bertz CT molecular complexity index is 166. The zero-order valence-electron chi connectivity index (χ0n) is 9.75. The van der Waals surface area contributed by atoms with Crippen molar-refractivity contribution in [3.05, 3.63) is 0 Å². The van der Waals surface area contributed by atoms with Crippen molar-refractivity contribution >= 4 is 0 Å². The number of hydrogen-bond acceptors (Lipinski definition) is 2. The van der Waals surface area contributed by atoms with Crippen LogP contribution in [0.25, 0.3) is 0 Å². The van der Waals surface area contributed by atoms with E-state index >= 15 is 0 Å². The van der Waals surface area contributed by atoms with Gasteiger partial charge in [0.15, 0.2) is 0 Å². The van der Waals surface area contributed by atoms with E-state index in [1.165, 1.54) is 0 Å². The van der Waals surface area contributed by atoms with Gasteiger partial charge in [0.2, 0.25) is 0 Å². The van der Waals surface area contributed by atoms with E-state index < -0.39 is 5.60 Å². The Kier molecular flexibility index (Phi) is 4.39. The largest absolute Gasteiger partial charge is 0.390 e. The lowest BCUT2D eigenvalue weighted by Crippen LogP contribution is -2.44. The molecule has 1 aliphatic rings. The Morgan fingerprint density at radius 2 is 2.07 bits per heavy atom. The molecule has 0 radical (unpaired) electrons. The molecule has 0 amide bonds. The van der Waals surface area contributed by atoms with Crippen molar-refractivity contribution in [3.8, 4) is 0 Å². The van der Waals surface area contributed by atoms with Crippen LogP contribution in [0.2, 0.25) is 0 Å². The van der Waals surface area contributed by atoms with Crippen molar-refractivity contribution in [2.24, 2.45) is 5.92 Å². The van der Waals surface area contributed by atoms with Crippen molar-refractivity contribution in [1.29, 1.82) is 0 Å². The molecule has 0 aliphatic heterocycles. The maximum absolute atomic E-state index is 10.6. The van der Waals surface area contributed by atoms with Crippen LogP contribution >= 0.6 is 0 Å². The Hall–Kier alpha value is -0.0800. The molecule has 2 heteroatoms. The van der Waals surface area contributed by atoms with Crippen LogP contribution in [-0.4, -0.2) is 23.9 Å². The lowest BCUT2D eigenvalue weighted by Gasteiger charge is -2.41. The van der Waals surface area contributed by atoms with E-state index in [1.54, 1.807) is 7.11 Å². The van der Waals surface area contributed by atoms with Gasteiger partial charge in [-0.3, -0.25) is 0 Å².